The molecular weight excluding hydrogens is 1130 g/mol. The van der Waals surface area contributed by atoms with Crippen molar-refractivity contribution in [1.82, 2.24) is 19.9 Å². The molecule has 0 aliphatic carbocycles. The maximum absolute atomic E-state index is 11.7. The van der Waals surface area contributed by atoms with Gasteiger partial charge in [0.2, 0.25) is 0 Å². The number of carbonyl (C=O) groups is 3. The van der Waals surface area contributed by atoms with E-state index in [2.05, 4.69) is 68.5 Å². The third kappa shape index (κ3) is 17.8. The van der Waals surface area contributed by atoms with Gasteiger partial charge in [0.05, 0.1) is 42.3 Å². The molecule has 9 rings (SSSR count). The fourth-order valence-electron chi connectivity index (χ4n) is 5.57. The van der Waals surface area contributed by atoms with Gasteiger partial charge in [0.25, 0.3) is 0 Å². The van der Waals surface area contributed by atoms with E-state index in [4.69, 9.17) is 5.11 Å². The van der Waals surface area contributed by atoms with Crippen LogP contribution in [0.4, 0.5) is 26.3 Å². The summed E-state index contributed by atoms with van der Waals surface area (Å²) < 4.78 is 102. The monoisotopic (exact) mass is 1160 g/mol. The molecule has 0 aliphatic heterocycles. The number of ketones is 2. The zero-order chi connectivity index (χ0) is 51.2. The van der Waals surface area contributed by atoms with Gasteiger partial charge in [-0.3, -0.25) is 29.5 Å². The first-order valence-electron chi connectivity index (χ1n) is 19.3. The minimum atomic E-state index is -4.98. The Bertz CT molecular complexity index is 3180. The van der Waals surface area contributed by atoms with E-state index in [9.17, 15) is 69.0 Å². The molecule has 6 heterocycles. The number of rotatable bonds is 6. The SMILES string of the molecule is O=C(/C=C(\[O-])C(F)(F)F)c1cccs1.O=C(/C=C(\[O-])C(F)(F)F)c1cccs1.O=C(O)c1cc(S(=O)(=O)[O-])ccc1[O-].[Cu+2].[Cu+2].[OH3+].c1cnc2c(c1)ccc1cccnc12.c1cnc2c(c1)ccc1cccnc12. The number of allylic oxidation sites excluding steroid dienone is 4. The van der Waals surface area contributed by atoms with E-state index in [-0.39, 0.29) is 61.5 Å². The fourth-order valence-corrected chi connectivity index (χ4v) is 7.34. The molecular formula is C47H31Cu2F6N4O11S3+. The average molecular weight is 1170 g/mol. The first-order chi connectivity index (χ1) is 33.0. The molecule has 0 bridgehead atoms. The summed E-state index contributed by atoms with van der Waals surface area (Å²) in [5.41, 5.74) is 3.18. The number of hydrogen-bond acceptors (Lipinski definition) is 15. The van der Waals surface area contributed by atoms with Crippen LogP contribution in [0.25, 0.3) is 43.6 Å². The molecule has 0 atom stereocenters. The molecule has 15 nitrogen and oxygen atoms in total. The molecule has 0 spiro atoms. The molecule has 0 unspecified atom stereocenters. The van der Waals surface area contributed by atoms with E-state index in [1.165, 1.54) is 24.3 Å². The summed E-state index contributed by atoms with van der Waals surface area (Å²) in [6, 6.07) is 32.1. The molecule has 0 amide bonds. The minimum absolute atomic E-state index is 0. The Balaban J connectivity index is 0.000000309. The number of alkyl halides is 6. The van der Waals surface area contributed by atoms with Crippen LogP contribution < -0.4 is 15.3 Å². The van der Waals surface area contributed by atoms with Crippen LogP contribution in [-0.2, 0) is 49.7 Å². The van der Waals surface area contributed by atoms with Gasteiger partial charge in [-0.15, -0.1) is 22.7 Å². The molecule has 0 saturated carbocycles. The summed E-state index contributed by atoms with van der Waals surface area (Å²) in [6.45, 7) is 0. The van der Waals surface area contributed by atoms with Crippen LogP contribution in [0.2, 0.25) is 0 Å². The summed E-state index contributed by atoms with van der Waals surface area (Å²) in [5.74, 6) is -8.50. The Morgan fingerprint density at radius 2 is 0.877 bits per heavy atom. The van der Waals surface area contributed by atoms with Gasteiger partial charge in [-0.05, 0) is 83.0 Å². The number of halogens is 6. The number of fused-ring (bicyclic) bond motifs is 6. The molecule has 2 radical (unpaired) electrons. The summed E-state index contributed by atoms with van der Waals surface area (Å²) in [6.07, 6.45) is -2.63. The number of aromatic carboxylic acids is 1. The van der Waals surface area contributed by atoms with E-state index < -0.39 is 67.7 Å². The fraction of sp³-hybridized carbons (Fsp3) is 0.0426. The molecule has 0 aliphatic rings. The van der Waals surface area contributed by atoms with Crippen LogP contribution in [0.3, 0.4) is 0 Å². The molecule has 3 aromatic carbocycles. The van der Waals surface area contributed by atoms with Gasteiger partial charge in [-0.25, -0.2) is 13.2 Å². The zero-order valence-corrected chi connectivity index (χ0v) is 40.5. The van der Waals surface area contributed by atoms with E-state index >= 15 is 0 Å². The second kappa shape index (κ2) is 27.6. The second-order valence-electron chi connectivity index (χ2n) is 13.5. The standard InChI is InChI=1S/2C12H8N2.2C8H5F3O2S.C7H6O6S.2Cu.H2O/c2*1-3-9-5-6-10-4-2-8-14-12(10)11(9)13-7-1;2*9-8(10,11)7(13)4-5(12)6-2-1-3-14-6;8-6-2-1-4(14(11,12)13)3-5(6)7(9)10;;;/h2*1-8H;2*1-4,13H;1-3,8H,(H,9,10)(H,11,12,13);;;1H2/q;;;;;2*+2;/p-3/b;;2*7-4-;;;;. The topological polar surface area (TPSA) is 282 Å². The largest absolute Gasteiger partial charge is 2.00 e. The van der Waals surface area contributed by atoms with Crippen molar-refractivity contribution in [2.75, 3.05) is 0 Å². The summed E-state index contributed by atoms with van der Waals surface area (Å²) in [5, 5.41) is 47.7. The molecule has 26 heteroatoms. The Hall–Kier alpha value is -7.12. The Kier molecular flexibility index (Phi) is 23.5. The first-order valence-corrected chi connectivity index (χ1v) is 22.5. The number of pyridine rings is 4. The van der Waals surface area contributed by atoms with Crippen molar-refractivity contribution in [3.8, 4) is 5.75 Å². The van der Waals surface area contributed by atoms with Gasteiger partial charge in [0.1, 0.15) is 10.1 Å². The Morgan fingerprint density at radius 1 is 0.548 bits per heavy atom. The van der Waals surface area contributed by atoms with Gasteiger partial charge in [-0.1, -0.05) is 72.5 Å². The second-order valence-corrected chi connectivity index (χ2v) is 16.8. The number of carbonyl (C=O) groups excluding carboxylic acids is 2. The Labute approximate surface area is 437 Å². The van der Waals surface area contributed by atoms with Crippen LogP contribution in [0, 0.1) is 0 Å². The maximum Gasteiger partial charge on any atom is 2.00 e. The number of thiophene rings is 2. The van der Waals surface area contributed by atoms with Crippen molar-refractivity contribution in [3.63, 3.8) is 0 Å². The van der Waals surface area contributed by atoms with Crippen molar-refractivity contribution in [2.24, 2.45) is 0 Å². The summed E-state index contributed by atoms with van der Waals surface area (Å²) >= 11 is 1.97. The average Bonchev–Trinajstić information content (AvgIpc) is 4.08. The van der Waals surface area contributed by atoms with E-state index in [1.54, 1.807) is 35.5 Å². The van der Waals surface area contributed by atoms with E-state index in [0.29, 0.717) is 6.07 Å². The van der Waals surface area contributed by atoms with Crippen molar-refractivity contribution in [2.45, 2.75) is 17.2 Å². The van der Waals surface area contributed by atoms with Gasteiger partial charge >= 0.3 is 52.5 Å². The number of aromatic nitrogens is 4. The van der Waals surface area contributed by atoms with Gasteiger partial charge in [0, 0.05) is 46.3 Å². The number of benzene rings is 3. The molecule has 73 heavy (non-hydrogen) atoms. The van der Waals surface area contributed by atoms with Crippen LogP contribution >= 0.6 is 22.7 Å². The Morgan fingerprint density at radius 3 is 1.14 bits per heavy atom. The van der Waals surface area contributed by atoms with Crippen molar-refractivity contribution < 1.29 is 114 Å². The predicted molar refractivity (Wildman–Crippen MR) is 245 cm³/mol. The first kappa shape index (κ1) is 62.0. The zero-order valence-electron chi connectivity index (χ0n) is 36.2. The third-order valence-electron chi connectivity index (χ3n) is 8.77. The smallest absolute Gasteiger partial charge is 0.872 e. The van der Waals surface area contributed by atoms with Crippen LogP contribution in [-0.4, -0.2) is 67.9 Å². The quantitative estimate of drug-likeness (QED) is 0.0247. The molecule has 6 aromatic heterocycles. The molecule has 4 N–H and O–H groups in total. The number of carboxylic acids is 1. The molecule has 386 valence electrons. The summed E-state index contributed by atoms with van der Waals surface area (Å²) in [7, 11) is -4.73. The third-order valence-corrected chi connectivity index (χ3v) is 11.4. The normalized spacial score (nSPS) is 11.3. The van der Waals surface area contributed by atoms with Crippen molar-refractivity contribution >= 4 is 93.9 Å². The number of hydrogen-bond donors (Lipinski definition) is 1. The summed E-state index contributed by atoms with van der Waals surface area (Å²) in [4.78, 5) is 49.3. The maximum atomic E-state index is 11.7. The van der Waals surface area contributed by atoms with Gasteiger partial charge in [0.15, 0.2) is 11.6 Å². The number of carboxylic acid groups (broad SMARTS) is 1. The number of nitrogens with zero attached hydrogens (tertiary/aromatic N) is 4. The predicted octanol–water partition coefficient (Wildman–Crippen LogP) is 7.48. The van der Waals surface area contributed by atoms with Crippen LogP contribution in [0.15, 0.2) is 179 Å². The van der Waals surface area contributed by atoms with Crippen LogP contribution in [0.5, 0.6) is 5.75 Å². The minimum Gasteiger partial charge on any atom is -0.872 e. The van der Waals surface area contributed by atoms with E-state index in [1.807, 2.05) is 24.3 Å². The molecule has 0 fully saturated rings. The molecule has 9 aromatic rings. The van der Waals surface area contributed by atoms with Gasteiger partial charge in [-0.2, -0.15) is 26.3 Å². The van der Waals surface area contributed by atoms with Crippen molar-refractivity contribution in [3.05, 3.63) is 190 Å². The van der Waals surface area contributed by atoms with E-state index in [0.717, 1.165) is 78.4 Å². The van der Waals surface area contributed by atoms with Gasteiger partial charge < -0.3 is 30.5 Å². The van der Waals surface area contributed by atoms with Crippen molar-refractivity contribution in [1.29, 1.82) is 0 Å². The molecule has 0 saturated heterocycles. The van der Waals surface area contributed by atoms with Crippen LogP contribution in [0.1, 0.15) is 29.7 Å².